The van der Waals surface area contributed by atoms with Crippen molar-refractivity contribution < 1.29 is 5.11 Å². The molecule has 1 atom stereocenters. The zero-order valence-corrected chi connectivity index (χ0v) is 6.52. The average molecular weight is 131 g/mol. The summed E-state index contributed by atoms with van der Waals surface area (Å²) in [4.78, 5) is 0. The minimum absolute atomic E-state index is 0.205. The van der Waals surface area contributed by atoms with Crippen molar-refractivity contribution in [1.82, 2.24) is 0 Å². The third-order valence-electron chi connectivity index (χ3n) is 1.21. The van der Waals surface area contributed by atoms with Gasteiger partial charge in [0.05, 0.1) is 5.60 Å². The highest BCUT2D eigenvalue weighted by Crippen LogP contribution is 2.10. The zero-order valence-electron chi connectivity index (χ0n) is 6.52. The SMILES string of the molecule is CC(N)CCC(C)(C)O. The van der Waals surface area contributed by atoms with Gasteiger partial charge in [0.15, 0.2) is 0 Å². The third-order valence-corrected chi connectivity index (χ3v) is 1.21. The molecule has 0 spiro atoms. The van der Waals surface area contributed by atoms with Crippen molar-refractivity contribution in [3.63, 3.8) is 0 Å². The van der Waals surface area contributed by atoms with Gasteiger partial charge >= 0.3 is 0 Å². The highest BCUT2D eigenvalue weighted by molar-refractivity contribution is 4.67. The van der Waals surface area contributed by atoms with E-state index in [1.54, 1.807) is 13.8 Å². The summed E-state index contributed by atoms with van der Waals surface area (Å²) in [6.07, 6.45) is 1.67. The fraction of sp³-hybridized carbons (Fsp3) is 1.00. The van der Waals surface area contributed by atoms with E-state index in [9.17, 15) is 5.11 Å². The molecule has 0 heterocycles. The van der Waals surface area contributed by atoms with Crippen LogP contribution in [0, 0.1) is 0 Å². The number of hydrogen-bond acceptors (Lipinski definition) is 2. The smallest absolute Gasteiger partial charge is 0.0592 e. The minimum Gasteiger partial charge on any atom is -0.390 e. The second-order valence-corrected chi connectivity index (χ2v) is 3.33. The molecule has 0 aromatic rings. The van der Waals surface area contributed by atoms with E-state index >= 15 is 0 Å². The summed E-state index contributed by atoms with van der Waals surface area (Å²) in [6, 6.07) is 0.205. The monoisotopic (exact) mass is 131 g/mol. The lowest BCUT2D eigenvalue weighted by molar-refractivity contribution is 0.0672. The normalized spacial score (nSPS) is 15.7. The van der Waals surface area contributed by atoms with Crippen molar-refractivity contribution in [1.29, 1.82) is 0 Å². The van der Waals surface area contributed by atoms with Crippen LogP contribution in [0.15, 0.2) is 0 Å². The summed E-state index contributed by atoms with van der Waals surface area (Å²) in [7, 11) is 0. The Balaban J connectivity index is 3.28. The molecule has 0 rings (SSSR count). The second-order valence-electron chi connectivity index (χ2n) is 3.33. The van der Waals surface area contributed by atoms with E-state index < -0.39 is 5.60 Å². The van der Waals surface area contributed by atoms with Gasteiger partial charge in [0.25, 0.3) is 0 Å². The van der Waals surface area contributed by atoms with Crippen molar-refractivity contribution in [2.24, 2.45) is 5.73 Å². The molecular weight excluding hydrogens is 114 g/mol. The Morgan fingerprint density at radius 2 is 2.00 bits per heavy atom. The van der Waals surface area contributed by atoms with E-state index in [2.05, 4.69) is 0 Å². The standard InChI is InChI=1S/C7H17NO/c1-6(8)4-5-7(2,3)9/h6,9H,4-5,8H2,1-3H3. The lowest BCUT2D eigenvalue weighted by atomic mass is 10.0. The molecule has 0 aliphatic heterocycles. The van der Waals surface area contributed by atoms with Crippen molar-refractivity contribution in [2.45, 2.75) is 45.3 Å². The van der Waals surface area contributed by atoms with Crippen LogP contribution in [0.1, 0.15) is 33.6 Å². The van der Waals surface area contributed by atoms with Crippen LogP contribution in [-0.2, 0) is 0 Å². The van der Waals surface area contributed by atoms with Crippen molar-refractivity contribution in [3.8, 4) is 0 Å². The number of hydrogen-bond donors (Lipinski definition) is 2. The van der Waals surface area contributed by atoms with E-state index in [0.717, 1.165) is 12.8 Å². The predicted molar refractivity (Wildman–Crippen MR) is 39.2 cm³/mol. The quantitative estimate of drug-likeness (QED) is 0.597. The molecule has 0 amide bonds. The zero-order chi connectivity index (χ0) is 7.49. The van der Waals surface area contributed by atoms with Gasteiger partial charge in [-0.3, -0.25) is 0 Å². The summed E-state index contributed by atoms with van der Waals surface area (Å²) >= 11 is 0. The molecule has 0 bridgehead atoms. The Hall–Kier alpha value is -0.0800. The maximum Gasteiger partial charge on any atom is 0.0592 e. The molecule has 0 fully saturated rings. The van der Waals surface area contributed by atoms with Crippen LogP contribution >= 0.6 is 0 Å². The number of aliphatic hydroxyl groups is 1. The largest absolute Gasteiger partial charge is 0.390 e. The van der Waals surface area contributed by atoms with Crippen LogP contribution in [0.25, 0.3) is 0 Å². The van der Waals surface area contributed by atoms with Crippen molar-refractivity contribution in [3.05, 3.63) is 0 Å². The Labute approximate surface area is 57.1 Å². The van der Waals surface area contributed by atoms with Crippen LogP contribution in [-0.4, -0.2) is 16.7 Å². The first-order valence-corrected chi connectivity index (χ1v) is 3.40. The maximum absolute atomic E-state index is 9.21. The molecule has 0 saturated carbocycles. The molecule has 3 N–H and O–H groups in total. The van der Waals surface area contributed by atoms with Gasteiger partial charge in [-0.25, -0.2) is 0 Å². The fourth-order valence-corrected chi connectivity index (χ4v) is 0.581. The first-order chi connectivity index (χ1) is 3.92. The lowest BCUT2D eigenvalue weighted by Crippen LogP contribution is -2.23. The lowest BCUT2D eigenvalue weighted by Gasteiger charge is -2.17. The molecular formula is C7H17NO. The van der Waals surface area contributed by atoms with E-state index in [1.165, 1.54) is 0 Å². The Morgan fingerprint density at radius 1 is 1.56 bits per heavy atom. The van der Waals surface area contributed by atoms with E-state index in [4.69, 9.17) is 5.73 Å². The third kappa shape index (κ3) is 7.92. The van der Waals surface area contributed by atoms with Crippen LogP contribution < -0.4 is 5.73 Å². The maximum atomic E-state index is 9.21. The first kappa shape index (κ1) is 8.92. The summed E-state index contributed by atoms with van der Waals surface area (Å²) in [5.41, 5.74) is 4.94. The summed E-state index contributed by atoms with van der Waals surface area (Å²) in [5.74, 6) is 0. The van der Waals surface area contributed by atoms with E-state index in [0.29, 0.717) is 0 Å². The summed E-state index contributed by atoms with van der Waals surface area (Å²) < 4.78 is 0. The van der Waals surface area contributed by atoms with Gasteiger partial charge < -0.3 is 10.8 Å². The van der Waals surface area contributed by atoms with Crippen LogP contribution in [0.2, 0.25) is 0 Å². The molecule has 2 heteroatoms. The molecule has 0 aromatic heterocycles. The Morgan fingerprint density at radius 3 is 2.11 bits per heavy atom. The molecule has 0 aliphatic carbocycles. The van der Waals surface area contributed by atoms with Crippen molar-refractivity contribution in [2.75, 3.05) is 0 Å². The average Bonchev–Trinajstić information content (AvgIpc) is 1.59. The Bertz CT molecular complexity index is 73.5. The molecule has 2 nitrogen and oxygen atoms in total. The van der Waals surface area contributed by atoms with Gasteiger partial charge in [-0.05, 0) is 33.6 Å². The van der Waals surface area contributed by atoms with Gasteiger partial charge in [0.1, 0.15) is 0 Å². The van der Waals surface area contributed by atoms with Gasteiger partial charge in [-0.2, -0.15) is 0 Å². The molecule has 1 unspecified atom stereocenters. The van der Waals surface area contributed by atoms with Gasteiger partial charge in [0, 0.05) is 6.04 Å². The summed E-state index contributed by atoms with van der Waals surface area (Å²) in [5, 5.41) is 9.21. The second kappa shape index (κ2) is 3.18. The number of nitrogens with two attached hydrogens (primary N) is 1. The first-order valence-electron chi connectivity index (χ1n) is 3.40. The Kier molecular flexibility index (Phi) is 3.15. The topological polar surface area (TPSA) is 46.2 Å². The predicted octanol–water partition coefficient (Wildman–Crippen LogP) is 0.885. The number of rotatable bonds is 3. The molecule has 9 heavy (non-hydrogen) atoms. The summed E-state index contributed by atoms with van der Waals surface area (Å²) in [6.45, 7) is 5.55. The van der Waals surface area contributed by atoms with E-state index in [1.807, 2.05) is 6.92 Å². The molecule has 0 saturated heterocycles. The fourth-order valence-electron chi connectivity index (χ4n) is 0.581. The van der Waals surface area contributed by atoms with Crippen LogP contribution in [0.3, 0.4) is 0 Å². The van der Waals surface area contributed by atoms with E-state index in [-0.39, 0.29) is 6.04 Å². The van der Waals surface area contributed by atoms with Crippen LogP contribution in [0.5, 0.6) is 0 Å². The van der Waals surface area contributed by atoms with Crippen LogP contribution in [0.4, 0.5) is 0 Å². The van der Waals surface area contributed by atoms with Gasteiger partial charge in [-0.1, -0.05) is 0 Å². The molecule has 0 aromatic carbocycles. The molecule has 0 aliphatic rings. The molecule has 56 valence electrons. The van der Waals surface area contributed by atoms with Gasteiger partial charge in [0.2, 0.25) is 0 Å². The van der Waals surface area contributed by atoms with Gasteiger partial charge in [-0.15, -0.1) is 0 Å². The molecule has 0 radical (unpaired) electrons. The highest BCUT2D eigenvalue weighted by atomic mass is 16.3. The minimum atomic E-state index is -0.548. The highest BCUT2D eigenvalue weighted by Gasteiger charge is 2.12. The van der Waals surface area contributed by atoms with Crippen molar-refractivity contribution >= 4 is 0 Å².